The second-order valence-corrected chi connectivity index (χ2v) is 3.89. The fourth-order valence-corrected chi connectivity index (χ4v) is 1.06. The van der Waals surface area contributed by atoms with Gasteiger partial charge in [-0.1, -0.05) is 13.0 Å². The number of carbonyl (C=O) groups excluding carboxylic acids is 1. The number of urea groups is 1. The first kappa shape index (κ1) is 14.4. The van der Waals surface area contributed by atoms with Crippen molar-refractivity contribution in [3.05, 3.63) is 12.7 Å². The molecule has 0 spiro atoms. The van der Waals surface area contributed by atoms with E-state index in [1.54, 1.807) is 6.92 Å². The normalized spacial score (nSPS) is 13.6. The van der Waals surface area contributed by atoms with E-state index in [1.807, 2.05) is 0 Å². The van der Waals surface area contributed by atoms with Crippen molar-refractivity contribution in [1.29, 1.82) is 0 Å². The molecule has 0 radical (unpaired) electrons. The van der Waals surface area contributed by atoms with Gasteiger partial charge in [0.1, 0.15) is 0 Å². The van der Waals surface area contributed by atoms with Crippen LogP contribution in [-0.4, -0.2) is 41.9 Å². The molecular weight excluding hydrogens is 212 g/mol. The predicted octanol–water partition coefficient (Wildman–Crippen LogP) is -0.0551. The first-order valence-corrected chi connectivity index (χ1v) is 4.89. The lowest BCUT2D eigenvalue weighted by Gasteiger charge is -2.25. The summed E-state index contributed by atoms with van der Waals surface area (Å²) in [4.78, 5) is 21.7. The van der Waals surface area contributed by atoms with Crippen LogP contribution in [0.25, 0.3) is 0 Å². The van der Waals surface area contributed by atoms with Crippen LogP contribution in [0.1, 0.15) is 13.3 Å². The third-order valence-corrected chi connectivity index (χ3v) is 2.04. The minimum absolute atomic E-state index is 0.0960. The number of carboxylic acids is 1. The standard InChI is InChI=1S/C10H18N2O4/c1-3-4-11-9(16)12-6-10(2,7-13)5-8(14)15/h3,13H,1,4-7H2,2H3,(H,14,15)(H2,11,12,16). The number of hydrogen-bond donors (Lipinski definition) is 4. The van der Waals surface area contributed by atoms with E-state index in [2.05, 4.69) is 17.2 Å². The van der Waals surface area contributed by atoms with Crippen LogP contribution < -0.4 is 10.6 Å². The fourth-order valence-electron chi connectivity index (χ4n) is 1.06. The molecule has 6 nitrogen and oxygen atoms in total. The molecule has 1 unspecified atom stereocenters. The lowest BCUT2D eigenvalue weighted by Crippen LogP contribution is -2.43. The molecule has 0 saturated carbocycles. The smallest absolute Gasteiger partial charge is 0.315 e. The summed E-state index contributed by atoms with van der Waals surface area (Å²) in [5.74, 6) is -1.01. The number of aliphatic carboxylic acids is 1. The number of hydrogen-bond acceptors (Lipinski definition) is 3. The van der Waals surface area contributed by atoms with E-state index in [1.165, 1.54) is 6.08 Å². The molecule has 6 heteroatoms. The molecule has 0 saturated heterocycles. The molecule has 0 aliphatic carbocycles. The van der Waals surface area contributed by atoms with E-state index in [4.69, 9.17) is 10.2 Å². The molecule has 92 valence electrons. The van der Waals surface area contributed by atoms with Gasteiger partial charge in [-0.25, -0.2) is 4.79 Å². The summed E-state index contributed by atoms with van der Waals surface area (Å²) >= 11 is 0. The number of carbonyl (C=O) groups is 2. The summed E-state index contributed by atoms with van der Waals surface area (Å²) in [6.45, 7) is 5.15. The van der Waals surface area contributed by atoms with Gasteiger partial charge in [-0.05, 0) is 0 Å². The van der Waals surface area contributed by atoms with Crippen molar-refractivity contribution < 1.29 is 19.8 Å². The molecule has 2 amide bonds. The van der Waals surface area contributed by atoms with Gasteiger partial charge in [0.15, 0.2) is 0 Å². The van der Waals surface area contributed by atoms with Crippen molar-refractivity contribution in [2.24, 2.45) is 5.41 Å². The second-order valence-electron chi connectivity index (χ2n) is 3.89. The largest absolute Gasteiger partial charge is 0.481 e. The van der Waals surface area contributed by atoms with Crippen LogP contribution >= 0.6 is 0 Å². The van der Waals surface area contributed by atoms with Gasteiger partial charge in [-0.15, -0.1) is 6.58 Å². The molecule has 16 heavy (non-hydrogen) atoms. The number of nitrogens with one attached hydrogen (secondary N) is 2. The highest BCUT2D eigenvalue weighted by atomic mass is 16.4. The van der Waals surface area contributed by atoms with Gasteiger partial charge in [0.25, 0.3) is 0 Å². The van der Waals surface area contributed by atoms with Crippen molar-refractivity contribution in [2.75, 3.05) is 19.7 Å². The third-order valence-electron chi connectivity index (χ3n) is 2.04. The van der Waals surface area contributed by atoms with E-state index in [9.17, 15) is 9.59 Å². The third kappa shape index (κ3) is 6.02. The van der Waals surface area contributed by atoms with Crippen LogP contribution in [0.4, 0.5) is 4.79 Å². The van der Waals surface area contributed by atoms with Crippen LogP contribution in [0.2, 0.25) is 0 Å². The van der Waals surface area contributed by atoms with Gasteiger partial charge in [0, 0.05) is 18.5 Å². The Bertz CT molecular complexity index is 268. The number of carboxylic acid groups (broad SMARTS) is 1. The highest BCUT2D eigenvalue weighted by Crippen LogP contribution is 2.18. The second kappa shape index (κ2) is 6.84. The van der Waals surface area contributed by atoms with E-state index in [0.717, 1.165) is 0 Å². The molecule has 0 aromatic heterocycles. The maximum Gasteiger partial charge on any atom is 0.315 e. The van der Waals surface area contributed by atoms with Crippen molar-refractivity contribution in [3.8, 4) is 0 Å². The summed E-state index contributed by atoms with van der Waals surface area (Å²) in [6, 6.07) is -0.412. The van der Waals surface area contributed by atoms with Crippen molar-refractivity contribution >= 4 is 12.0 Å². The molecule has 0 rings (SSSR count). The number of aliphatic hydroxyl groups excluding tert-OH is 1. The van der Waals surface area contributed by atoms with Crippen molar-refractivity contribution in [3.63, 3.8) is 0 Å². The number of aliphatic hydroxyl groups is 1. The van der Waals surface area contributed by atoms with Gasteiger partial charge in [0.05, 0.1) is 13.0 Å². The van der Waals surface area contributed by atoms with Crippen LogP contribution in [0, 0.1) is 5.41 Å². The van der Waals surface area contributed by atoms with Gasteiger partial charge in [0.2, 0.25) is 0 Å². The highest BCUT2D eigenvalue weighted by molar-refractivity contribution is 5.74. The summed E-state index contributed by atoms with van der Waals surface area (Å²) in [5, 5.41) is 22.7. The Morgan fingerprint density at radius 3 is 2.50 bits per heavy atom. The quantitative estimate of drug-likeness (QED) is 0.461. The van der Waals surface area contributed by atoms with E-state index in [0.29, 0.717) is 6.54 Å². The maximum absolute atomic E-state index is 11.2. The minimum atomic E-state index is -1.01. The molecule has 1 atom stereocenters. The minimum Gasteiger partial charge on any atom is -0.481 e. The summed E-state index contributed by atoms with van der Waals surface area (Å²) in [6.07, 6.45) is 1.33. The molecule has 0 aromatic carbocycles. The number of rotatable bonds is 7. The van der Waals surface area contributed by atoms with Gasteiger partial charge >= 0.3 is 12.0 Å². The molecular formula is C10H18N2O4. The maximum atomic E-state index is 11.2. The Balaban J connectivity index is 4.07. The lowest BCUT2D eigenvalue weighted by molar-refractivity contribution is -0.140. The SMILES string of the molecule is C=CCNC(=O)NCC(C)(CO)CC(=O)O. The Morgan fingerprint density at radius 2 is 2.06 bits per heavy atom. The Labute approximate surface area is 94.3 Å². The Hall–Kier alpha value is -1.56. The molecule has 0 aromatic rings. The summed E-state index contributed by atoms with van der Waals surface area (Å²) in [5.41, 5.74) is -0.850. The van der Waals surface area contributed by atoms with E-state index < -0.39 is 17.4 Å². The van der Waals surface area contributed by atoms with E-state index in [-0.39, 0.29) is 19.6 Å². The van der Waals surface area contributed by atoms with Gasteiger partial charge < -0.3 is 20.8 Å². The van der Waals surface area contributed by atoms with Crippen molar-refractivity contribution in [1.82, 2.24) is 10.6 Å². The monoisotopic (exact) mass is 230 g/mol. The summed E-state index contributed by atoms with van der Waals surface area (Å²) in [7, 11) is 0. The van der Waals surface area contributed by atoms with Crippen LogP contribution in [0.5, 0.6) is 0 Å². The molecule has 0 bridgehead atoms. The van der Waals surface area contributed by atoms with Crippen LogP contribution in [0.3, 0.4) is 0 Å². The molecule has 0 heterocycles. The topological polar surface area (TPSA) is 98.7 Å². The predicted molar refractivity (Wildman–Crippen MR) is 59.0 cm³/mol. The zero-order valence-corrected chi connectivity index (χ0v) is 9.32. The van der Waals surface area contributed by atoms with E-state index >= 15 is 0 Å². The van der Waals surface area contributed by atoms with Crippen LogP contribution in [-0.2, 0) is 4.79 Å². The number of amides is 2. The van der Waals surface area contributed by atoms with Gasteiger partial charge in [-0.3, -0.25) is 4.79 Å². The fraction of sp³-hybridized carbons (Fsp3) is 0.600. The molecule has 0 fully saturated rings. The average Bonchev–Trinajstić information content (AvgIpc) is 2.22. The zero-order chi connectivity index (χ0) is 12.6. The molecule has 0 aliphatic heterocycles. The van der Waals surface area contributed by atoms with Crippen LogP contribution in [0.15, 0.2) is 12.7 Å². The first-order valence-electron chi connectivity index (χ1n) is 4.89. The zero-order valence-electron chi connectivity index (χ0n) is 9.32. The molecule has 0 aliphatic rings. The Kier molecular flexibility index (Phi) is 6.17. The molecule has 4 N–H and O–H groups in total. The van der Waals surface area contributed by atoms with Crippen molar-refractivity contribution in [2.45, 2.75) is 13.3 Å². The average molecular weight is 230 g/mol. The highest BCUT2D eigenvalue weighted by Gasteiger charge is 2.27. The van der Waals surface area contributed by atoms with Gasteiger partial charge in [-0.2, -0.15) is 0 Å². The first-order chi connectivity index (χ1) is 7.43. The Morgan fingerprint density at radius 1 is 1.44 bits per heavy atom. The lowest BCUT2D eigenvalue weighted by atomic mass is 9.88. The summed E-state index contributed by atoms with van der Waals surface area (Å²) < 4.78 is 0.